The van der Waals surface area contributed by atoms with Crippen molar-refractivity contribution in [2.75, 3.05) is 19.0 Å². The monoisotopic (exact) mass is 282 g/mol. The Kier molecular flexibility index (Phi) is 4.26. The Bertz CT molecular complexity index is 461. The summed E-state index contributed by atoms with van der Waals surface area (Å²) < 4.78 is 26.1. The van der Waals surface area contributed by atoms with Crippen LogP contribution >= 0.6 is 0 Å². The maximum Gasteiger partial charge on any atom is 0.251 e. The molecule has 0 spiro atoms. The minimum atomic E-state index is -2.56. The van der Waals surface area contributed by atoms with Gasteiger partial charge < -0.3 is 10.2 Å². The lowest BCUT2D eigenvalue weighted by Crippen LogP contribution is -2.40. The lowest BCUT2D eigenvalue weighted by molar-refractivity contribution is -0.0399. The molecule has 1 saturated carbocycles. The summed E-state index contributed by atoms with van der Waals surface area (Å²) in [6.07, 6.45) is 0.401. The molecule has 0 aliphatic heterocycles. The Morgan fingerprint density at radius 2 is 1.75 bits per heavy atom. The predicted octanol–water partition coefficient (Wildman–Crippen LogP) is 3.06. The summed E-state index contributed by atoms with van der Waals surface area (Å²) in [6, 6.07) is 7.09. The lowest BCUT2D eigenvalue weighted by Gasteiger charge is -2.28. The highest BCUT2D eigenvalue weighted by atomic mass is 19.3. The molecular formula is C15H20F2N2O. The van der Waals surface area contributed by atoms with Crippen LogP contribution in [0.15, 0.2) is 24.3 Å². The van der Waals surface area contributed by atoms with Gasteiger partial charge in [-0.05, 0) is 37.1 Å². The number of hydrogen-bond donors (Lipinski definition) is 1. The molecule has 0 saturated heterocycles. The first kappa shape index (κ1) is 14.8. The van der Waals surface area contributed by atoms with E-state index in [1.54, 1.807) is 12.1 Å². The van der Waals surface area contributed by atoms with Crippen LogP contribution in [0.2, 0.25) is 0 Å². The normalized spacial score (nSPS) is 18.6. The van der Waals surface area contributed by atoms with Gasteiger partial charge >= 0.3 is 0 Å². The summed E-state index contributed by atoms with van der Waals surface area (Å²) in [5.74, 6) is -2.75. The van der Waals surface area contributed by atoms with Gasteiger partial charge in [0.15, 0.2) is 0 Å². The number of rotatable bonds is 3. The van der Waals surface area contributed by atoms with Crippen molar-refractivity contribution in [2.24, 2.45) is 0 Å². The third-order valence-electron chi connectivity index (χ3n) is 3.70. The first-order valence-electron chi connectivity index (χ1n) is 6.83. The van der Waals surface area contributed by atoms with Gasteiger partial charge in [0.05, 0.1) is 0 Å². The first-order valence-corrected chi connectivity index (χ1v) is 6.83. The van der Waals surface area contributed by atoms with Crippen molar-refractivity contribution in [2.45, 2.75) is 37.6 Å². The van der Waals surface area contributed by atoms with Gasteiger partial charge in [-0.25, -0.2) is 8.78 Å². The maximum atomic E-state index is 13.0. The molecule has 1 fully saturated rings. The largest absolute Gasteiger partial charge is 0.378 e. The summed E-state index contributed by atoms with van der Waals surface area (Å²) in [6.45, 7) is 0. The third kappa shape index (κ3) is 3.68. The lowest BCUT2D eigenvalue weighted by atomic mass is 9.92. The highest BCUT2D eigenvalue weighted by Gasteiger charge is 2.35. The second-order valence-electron chi connectivity index (χ2n) is 5.54. The third-order valence-corrected chi connectivity index (χ3v) is 3.70. The van der Waals surface area contributed by atoms with E-state index in [9.17, 15) is 13.6 Å². The molecule has 3 nitrogen and oxygen atoms in total. The summed E-state index contributed by atoms with van der Waals surface area (Å²) >= 11 is 0. The molecule has 0 heterocycles. The van der Waals surface area contributed by atoms with Crippen LogP contribution < -0.4 is 10.2 Å². The van der Waals surface area contributed by atoms with Crippen LogP contribution in [0.25, 0.3) is 0 Å². The average Bonchev–Trinajstić information content (AvgIpc) is 2.41. The minimum absolute atomic E-state index is 0.141. The molecule has 0 unspecified atom stereocenters. The molecule has 5 heteroatoms. The van der Waals surface area contributed by atoms with Gasteiger partial charge in [-0.2, -0.15) is 0 Å². The van der Waals surface area contributed by atoms with E-state index >= 15 is 0 Å². The molecule has 0 aromatic heterocycles. The van der Waals surface area contributed by atoms with E-state index in [1.165, 1.54) is 0 Å². The molecule has 1 amide bonds. The molecule has 0 atom stereocenters. The van der Waals surface area contributed by atoms with Crippen molar-refractivity contribution in [3.05, 3.63) is 29.8 Å². The number of carbonyl (C=O) groups is 1. The second-order valence-corrected chi connectivity index (χ2v) is 5.54. The molecule has 0 bridgehead atoms. The van der Waals surface area contributed by atoms with Crippen LogP contribution in [0.3, 0.4) is 0 Å². The summed E-state index contributed by atoms with van der Waals surface area (Å²) in [5, 5.41) is 2.84. The number of nitrogens with one attached hydrogen (secondary N) is 1. The Balaban J connectivity index is 1.92. The molecule has 1 aliphatic carbocycles. The second kappa shape index (κ2) is 5.77. The molecule has 0 radical (unpaired) electrons. The van der Waals surface area contributed by atoms with E-state index in [2.05, 4.69) is 5.32 Å². The molecule has 1 aromatic rings. The predicted molar refractivity (Wildman–Crippen MR) is 75.4 cm³/mol. The standard InChI is InChI=1S/C15H20F2N2O/c1-19(2)13-5-3-11(4-6-13)14(20)18-12-7-9-15(16,17)10-8-12/h3-6,12H,7-10H2,1-2H3,(H,18,20). The van der Waals surface area contributed by atoms with Crippen LogP contribution in [-0.4, -0.2) is 32.0 Å². The Morgan fingerprint density at radius 1 is 1.20 bits per heavy atom. The van der Waals surface area contributed by atoms with Gasteiger partial charge in [0.2, 0.25) is 5.92 Å². The zero-order chi connectivity index (χ0) is 14.8. The number of amides is 1. The summed E-state index contributed by atoms with van der Waals surface area (Å²) in [4.78, 5) is 14.0. The highest BCUT2D eigenvalue weighted by Crippen LogP contribution is 2.33. The van der Waals surface area contributed by atoms with E-state index in [1.807, 2.05) is 31.1 Å². The molecule has 110 valence electrons. The van der Waals surface area contributed by atoms with Crippen molar-refractivity contribution >= 4 is 11.6 Å². The SMILES string of the molecule is CN(C)c1ccc(C(=O)NC2CCC(F)(F)CC2)cc1. The van der Waals surface area contributed by atoms with Gasteiger partial charge in [0.1, 0.15) is 0 Å². The van der Waals surface area contributed by atoms with Gasteiger partial charge in [-0.1, -0.05) is 0 Å². The topological polar surface area (TPSA) is 32.3 Å². The van der Waals surface area contributed by atoms with E-state index < -0.39 is 5.92 Å². The van der Waals surface area contributed by atoms with Crippen LogP contribution in [0.4, 0.5) is 14.5 Å². The Morgan fingerprint density at radius 3 is 2.25 bits per heavy atom. The van der Waals surface area contributed by atoms with Gasteiger partial charge in [0.25, 0.3) is 5.91 Å². The van der Waals surface area contributed by atoms with Gasteiger partial charge in [-0.15, -0.1) is 0 Å². The fourth-order valence-corrected chi connectivity index (χ4v) is 2.36. The molecular weight excluding hydrogens is 262 g/mol. The van der Waals surface area contributed by atoms with E-state index in [0.29, 0.717) is 18.4 Å². The number of benzene rings is 1. The highest BCUT2D eigenvalue weighted by molar-refractivity contribution is 5.94. The van der Waals surface area contributed by atoms with Crippen LogP contribution in [0, 0.1) is 0 Å². The Labute approximate surface area is 118 Å². The van der Waals surface area contributed by atoms with Crippen molar-refractivity contribution in [1.82, 2.24) is 5.32 Å². The van der Waals surface area contributed by atoms with Crippen molar-refractivity contribution in [3.63, 3.8) is 0 Å². The van der Waals surface area contributed by atoms with Crippen molar-refractivity contribution in [1.29, 1.82) is 0 Å². The fourth-order valence-electron chi connectivity index (χ4n) is 2.36. The molecule has 1 N–H and O–H groups in total. The van der Waals surface area contributed by atoms with Crippen LogP contribution in [-0.2, 0) is 0 Å². The molecule has 1 aromatic carbocycles. The van der Waals surface area contributed by atoms with Gasteiger partial charge in [-0.3, -0.25) is 4.79 Å². The number of nitrogens with zero attached hydrogens (tertiary/aromatic N) is 1. The molecule has 1 aliphatic rings. The molecule has 2 rings (SSSR count). The number of carbonyl (C=O) groups excluding carboxylic acids is 1. The van der Waals surface area contributed by atoms with Crippen molar-refractivity contribution < 1.29 is 13.6 Å². The number of hydrogen-bond acceptors (Lipinski definition) is 2. The van der Waals surface area contributed by atoms with Crippen molar-refractivity contribution in [3.8, 4) is 0 Å². The maximum absolute atomic E-state index is 13.0. The number of alkyl halides is 2. The smallest absolute Gasteiger partial charge is 0.251 e. The van der Waals surface area contributed by atoms with E-state index in [-0.39, 0.29) is 24.8 Å². The van der Waals surface area contributed by atoms with Gasteiger partial charge in [0, 0.05) is 44.2 Å². The summed E-state index contributed by atoms with van der Waals surface area (Å²) in [7, 11) is 3.86. The van der Waals surface area contributed by atoms with Crippen LogP contribution in [0.5, 0.6) is 0 Å². The summed E-state index contributed by atoms with van der Waals surface area (Å²) in [5.41, 5.74) is 1.58. The molecule has 20 heavy (non-hydrogen) atoms. The van der Waals surface area contributed by atoms with E-state index in [0.717, 1.165) is 5.69 Å². The first-order chi connectivity index (χ1) is 9.37. The zero-order valence-electron chi connectivity index (χ0n) is 11.8. The zero-order valence-corrected chi connectivity index (χ0v) is 11.8. The van der Waals surface area contributed by atoms with Crippen LogP contribution in [0.1, 0.15) is 36.0 Å². The van der Waals surface area contributed by atoms with E-state index in [4.69, 9.17) is 0 Å². The minimum Gasteiger partial charge on any atom is -0.378 e. The Hall–Kier alpha value is -1.65. The number of halogens is 2. The fraction of sp³-hybridized carbons (Fsp3) is 0.533. The average molecular weight is 282 g/mol. The quantitative estimate of drug-likeness (QED) is 0.924. The number of anilines is 1.